The Labute approximate surface area is 301 Å². The Balaban J connectivity index is 1.23. The van der Waals surface area contributed by atoms with E-state index in [-0.39, 0.29) is 43.1 Å². The van der Waals surface area contributed by atoms with Crippen LogP contribution in [-0.4, -0.2) is 46.7 Å². The van der Waals surface area contributed by atoms with Gasteiger partial charge in [0.15, 0.2) is 6.29 Å². The summed E-state index contributed by atoms with van der Waals surface area (Å²) < 4.78 is 13.3. The number of amides is 2. The van der Waals surface area contributed by atoms with Crippen molar-refractivity contribution in [2.24, 2.45) is 0 Å². The number of unbranched alkanes of at least 4 members (excludes halogenated alkanes) is 3. The van der Waals surface area contributed by atoms with Crippen LogP contribution in [0.1, 0.15) is 98.1 Å². The maximum Gasteiger partial charge on any atom is 0.243 e. The van der Waals surface area contributed by atoms with Crippen LogP contribution in [0.25, 0.3) is 11.1 Å². The van der Waals surface area contributed by atoms with Gasteiger partial charge in [-0.1, -0.05) is 116 Å². The smallest absolute Gasteiger partial charge is 0.243 e. The highest BCUT2D eigenvalue weighted by molar-refractivity contribution is 5.76. The molecular weight excluding hydrogens is 642 g/mol. The molecule has 0 unspecified atom stereocenters. The number of carbonyl (C=O) groups excluding carboxylic acids is 2. The van der Waals surface area contributed by atoms with Gasteiger partial charge in [-0.2, -0.15) is 0 Å². The summed E-state index contributed by atoms with van der Waals surface area (Å²) in [6.07, 6.45) is 3.75. The van der Waals surface area contributed by atoms with E-state index in [1.807, 2.05) is 48.5 Å². The molecule has 2 amide bonds. The number of nitrogens with one attached hydrogen (secondary N) is 2. The van der Waals surface area contributed by atoms with Crippen molar-refractivity contribution in [3.8, 4) is 11.1 Å². The minimum absolute atomic E-state index is 0.000691. The van der Waals surface area contributed by atoms with Crippen molar-refractivity contribution in [3.05, 3.63) is 131 Å². The lowest BCUT2D eigenvalue weighted by Crippen LogP contribution is -2.38. The number of carbonyl (C=O) groups is 2. The van der Waals surface area contributed by atoms with Crippen LogP contribution in [0.4, 0.5) is 0 Å². The molecule has 0 saturated carbocycles. The summed E-state index contributed by atoms with van der Waals surface area (Å²) in [5.74, 6) is -0.382. The summed E-state index contributed by atoms with van der Waals surface area (Å²) in [5.41, 5.74) is 8.87. The van der Waals surface area contributed by atoms with Crippen LogP contribution in [0.2, 0.25) is 0 Å². The van der Waals surface area contributed by atoms with Gasteiger partial charge in [-0.3, -0.25) is 19.7 Å². The number of nitrogens with zero attached hydrogens (tertiary/aromatic N) is 1. The molecule has 1 saturated heterocycles. The Kier molecular flexibility index (Phi) is 14.3. The maximum atomic E-state index is 12.6. The van der Waals surface area contributed by atoms with E-state index in [1.165, 1.54) is 5.56 Å². The largest absolute Gasteiger partial charge is 0.392 e. The standard InChI is InChI=1S/C42H51N3O6/c1-30(32-12-6-5-7-13-32)45(2)28-37-26-39(34-20-18-31(29-46)19-21-34)51-42(50-37)35-24-22-33(23-25-35)38-15-11-10-14-36(38)27-43-40(47)16-8-3-4-9-17-41(48)44-49/h5-7,10-15,18-25,30,37,39,42,46,49H,3-4,8-9,16-17,26-29H2,1-2H3,(H,43,47)(H,44,48)/t30-,37+,39-,42-/m0/s1. The summed E-state index contributed by atoms with van der Waals surface area (Å²) >= 11 is 0. The molecule has 0 spiro atoms. The van der Waals surface area contributed by atoms with Gasteiger partial charge in [0, 0.05) is 44.0 Å². The van der Waals surface area contributed by atoms with Crippen LogP contribution in [0, 0.1) is 0 Å². The second kappa shape index (κ2) is 19.3. The minimum Gasteiger partial charge on any atom is -0.392 e. The first kappa shape index (κ1) is 37.9. The third-order valence-electron chi connectivity index (χ3n) is 9.72. The Morgan fingerprint density at radius 3 is 2.14 bits per heavy atom. The molecular formula is C42H51N3O6. The second-order valence-electron chi connectivity index (χ2n) is 13.4. The van der Waals surface area contributed by atoms with Gasteiger partial charge in [-0.25, -0.2) is 5.48 Å². The molecule has 4 N–H and O–H groups in total. The molecule has 0 aliphatic carbocycles. The number of benzene rings is 4. The van der Waals surface area contributed by atoms with Crippen LogP contribution < -0.4 is 10.8 Å². The molecule has 4 aromatic carbocycles. The average Bonchev–Trinajstić information content (AvgIpc) is 3.18. The number of hydroxylamine groups is 1. The fraction of sp³-hybridized carbons (Fsp3) is 0.381. The molecule has 51 heavy (non-hydrogen) atoms. The zero-order chi connectivity index (χ0) is 36.0. The number of aliphatic hydroxyl groups excluding tert-OH is 1. The van der Waals surface area contributed by atoms with E-state index in [2.05, 4.69) is 78.8 Å². The first-order chi connectivity index (χ1) is 24.8. The fourth-order valence-electron chi connectivity index (χ4n) is 6.54. The summed E-state index contributed by atoms with van der Waals surface area (Å²) in [6, 6.07) is 35.0. The molecule has 5 rings (SSSR count). The second-order valence-corrected chi connectivity index (χ2v) is 13.4. The van der Waals surface area contributed by atoms with Crippen molar-refractivity contribution in [1.29, 1.82) is 0 Å². The number of ether oxygens (including phenoxy) is 2. The van der Waals surface area contributed by atoms with Crippen LogP contribution >= 0.6 is 0 Å². The third kappa shape index (κ3) is 11.1. The molecule has 0 aromatic heterocycles. The van der Waals surface area contributed by atoms with Gasteiger partial charge in [0.05, 0.1) is 18.8 Å². The molecule has 0 bridgehead atoms. The number of hydrogen-bond acceptors (Lipinski definition) is 7. The molecule has 1 aliphatic heterocycles. The predicted octanol–water partition coefficient (Wildman–Crippen LogP) is 7.55. The molecule has 270 valence electrons. The Bertz CT molecular complexity index is 1660. The van der Waals surface area contributed by atoms with Crippen LogP contribution in [0.5, 0.6) is 0 Å². The fourth-order valence-corrected chi connectivity index (χ4v) is 6.54. The van der Waals surface area contributed by atoms with Crippen molar-refractivity contribution in [2.75, 3.05) is 13.6 Å². The summed E-state index contributed by atoms with van der Waals surface area (Å²) in [6.45, 7) is 3.38. The zero-order valence-corrected chi connectivity index (χ0v) is 29.7. The van der Waals surface area contributed by atoms with E-state index in [4.69, 9.17) is 14.7 Å². The van der Waals surface area contributed by atoms with Gasteiger partial charge in [0.25, 0.3) is 0 Å². The number of hydrogen-bond donors (Lipinski definition) is 4. The highest BCUT2D eigenvalue weighted by Crippen LogP contribution is 2.39. The van der Waals surface area contributed by atoms with E-state index in [9.17, 15) is 14.7 Å². The number of aliphatic hydroxyl groups is 1. The van der Waals surface area contributed by atoms with Crippen molar-refractivity contribution in [3.63, 3.8) is 0 Å². The van der Waals surface area contributed by atoms with Gasteiger partial charge in [-0.15, -0.1) is 0 Å². The number of likely N-dealkylation sites (N-methyl/N-ethyl adjacent to an activating group) is 1. The van der Waals surface area contributed by atoms with Crippen molar-refractivity contribution in [2.45, 2.75) is 89.6 Å². The van der Waals surface area contributed by atoms with Crippen LogP contribution in [0.15, 0.2) is 103 Å². The normalized spacial score (nSPS) is 17.9. The van der Waals surface area contributed by atoms with E-state index in [0.29, 0.717) is 25.8 Å². The van der Waals surface area contributed by atoms with E-state index in [1.54, 1.807) is 5.48 Å². The lowest BCUT2D eigenvalue weighted by molar-refractivity contribution is -0.253. The van der Waals surface area contributed by atoms with Crippen LogP contribution in [-0.2, 0) is 32.2 Å². The quantitative estimate of drug-likeness (QED) is 0.0512. The Morgan fingerprint density at radius 2 is 1.45 bits per heavy atom. The van der Waals surface area contributed by atoms with Crippen molar-refractivity contribution in [1.82, 2.24) is 15.7 Å². The lowest BCUT2D eigenvalue weighted by atomic mass is 9.97. The summed E-state index contributed by atoms with van der Waals surface area (Å²) in [7, 11) is 2.13. The Hall–Kier alpha value is -4.38. The average molecular weight is 694 g/mol. The SMILES string of the molecule is C[C@@H](c1ccccc1)N(C)C[C@H]1C[C@@H](c2ccc(CO)cc2)O[C@@H](c2ccc(-c3ccccc3CNC(=O)CCCCCCC(=O)NO)cc2)O1. The third-order valence-corrected chi connectivity index (χ3v) is 9.72. The number of rotatable bonds is 17. The highest BCUT2D eigenvalue weighted by Gasteiger charge is 2.33. The summed E-state index contributed by atoms with van der Waals surface area (Å²) in [5, 5.41) is 21.2. The van der Waals surface area contributed by atoms with E-state index in [0.717, 1.165) is 59.2 Å². The molecule has 1 aliphatic rings. The summed E-state index contributed by atoms with van der Waals surface area (Å²) in [4.78, 5) is 26.0. The van der Waals surface area contributed by atoms with Crippen molar-refractivity contribution >= 4 is 11.8 Å². The highest BCUT2D eigenvalue weighted by atomic mass is 16.7. The lowest BCUT2D eigenvalue weighted by Gasteiger charge is -2.39. The molecule has 9 nitrogen and oxygen atoms in total. The van der Waals surface area contributed by atoms with Crippen molar-refractivity contribution < 1.29 is 29.4 Å². The Morgan fingerprint density at radius 1 is 0.804 bits per heavy atom. The van der Waals surface area contributed by atoms with Gasteiger partial charge in [0.1, 0.15) is 0 Å². The molecule has 4 atom stereocenters. The first-order valence-electron chi connectivity index (χ1n) is 18.0. The van der Waals surface area contributed by atoms with Crippen LogP contribution in [0.3, 0.4) is 0 Å². The topological polar surface area (TPSA) is 120 Å². The monoisotopic (exact) mass is 693 g/mol. The van der Waals surface area contributed by atoms with Gasteiger partial charge in [-0.05, 0) is 60.2 Å². The molecule has 1 fully saturated rings. The zero-order valence-electron chi connectivity index (χ0n) is 29.7. The van der Waals surface area contributed by atoms with E-state index < -0.39 is 6.29 Å². The van der Waals surface area contributed by atoms with Gasteiger partial charge >= 0.3 is 0 Å². The first-order valence-corrected chi connectivity index (χ1v) is 18.0. The predicted molar refractivity (Wildman–Crippen MR) is 197 cm³/mol. The van der Waals surface area contributed by atoms with Gasteiger partial charge < -0.3 is 19.9 Å². The molecule has 9 heteroatoms. The van der Waals surface area contributed by atoms with Gasteiger partial charge in [0.2, 0.25) is 11.8 Å². The maximum absolute atomic E-state index is 12.6. The minimum atomic E-state index is -0.554. The molecule has 1 heterocycles. The van der Waals surface area contributed by atoms with E-state index >= 15 is 0 Å². The molecule has 0 radical (unpaired) electrons. The molecule has 4 aromatic rings.